The van der Waals surface area contributed by atoms with Crippen LogP contribution in [0, 0.1) is 0 Å². The number of nitrogens with zero attached hydrogens (tertiary/aromatic N) is 1. The number of thioether (sulfide) groups is 1. The van der Waals surface area contributed by atoms with Crippen LogP contribution in [-0.4, -0.2) is 23.7 Å². The second kappa shape index (κ2) is 11.3. The number of carbonyl (C=O) groups is 2. The quantitative estimate of drug-likeness (QED) is 0.130. The molecule has 2 rings (SSSR count). The Hall–Kier alpha value is -2.40. The number of Topliss-reactive ketones (excluding diaryl/α,β-unsaturated/α-hetero) is 1. The molecular formula is C22H25NO3S. The highest BCUT2D eigenvalue weighted by Crippen LogP contribution is 2.16. The summed E-state index contributed by atoms with van der Waals surface area (Å²) in [5.41, 5.74) is 1.24. The van der Waals surface area contributed by atoms with Crippen LogP contribution in [0.2, 0.25) is 0 Å². The molecule has 0 aliphatic rings. The summed E-state index contributed by atoms with van der Waals surface area (Å²) in [6.07, 6.45) is 6.55. The lowest BCUT2D eigenvalue weighted by molar-refractivity contribution is 0.0514. The number of unbranched alkanes of at least 4 members (excludes halogenated alkanes) is 3. The van der Waals surface area contributed by atoms with Crippen LogP contribution in [-0.2, 0) is 4.84 Å². The van der Waals surface area contributed by atoms with E-state index in [9.17, 15) is 9.59 Å². The Balaban J connectivity index is 2.13. The average molecular weight is 384 g/mol. The van der Waals surface area contributed by atoms with E-state index in [0.717, 1.165) is 30.6 Å². The maximum atomic E-state index is 12.8. The maximum Gasteiger partial charge on any atom is 0.365 e. The maximum absolute atomic E-state index is 12.8. The lowest BCUT2D eigenvalue weighted by Crippen LogP contribution is -2.16. The van der Waals surface area contributed by atoms with Crippen molar-refractivity contribution in [2.45, 2.75) is 43.9 Å². The Morgan fingerprint density at radius 3 is 2.26 bits per heavy atom. The van der Waals surface area contributed by atoms with Crippen molar-refractivity contribution in [2.75, 3.05) is 6.26 Å². The molecule has 0 N–H and O–H groups in total. The second-order valence-corrected chi connectivity index (χ2v) is 7.03. The van der Waals surface area contributed by atoms with E-state index >= 15 is 0 Å². The zero-order chi connectivity index (χ0) is 19.5. The molecule has 0 atom stereocenters. The van der Waals surface area contributed by atoms with Crippen LogP contribution < -0.4 is 0 Å². The Morgan fingerprint density at radius 2 is 1.63 bits per heavy atom. The van der Waals surface area contributed by atoms with Gasteiger partial charge >= 0.3 is 5.97 Å². The van der Waals surface area contributed by atoms with Gasteiger partial charge in [0.25, 0.3) is 0 Å². The smallest absolute Gasteiger partial charge is 0.312 e. The highest BCUT2D eigenvalue weighted by molar-refractivity contribution is 7.98. The Labute approximate surface area is 165 Å². The van der Waals surface area contributed by atoms with Gasteiger partial charge in [-0.3, -0.25) is 4.79 Å². The third-order valence-electron chi connectivity index (χ3n) is 4.13. The predicted octanol–water partition coefficient (Wildman–Crippen LogP) is 5.77. The zero-order valence-electron chi connectivity index (χ0n) is 15.8. The molecule has 142 valence electrons. The van der Waals surface area contributed by atoms with Crippen molar-refractivity contribution in [3.05, 3.63) is 65.7 Å². The van der Waals surface area contributed by atoms with Crippen molar-refractivity contribution in [1.29, 1.82) is 0 Å². The molecule has 0 aliphatic carbocycles. The van der Waals surface area contributed by atoms with Crippen LogP contribution in [0.1, 0.15) is 59.7 Å². The standard InChI is InChI=1S/C22H25NO3S/c1-3-4-5-9-12-20(21(24)17-13-15-19(27-2)16-14-17)23-26-22(25)18-10-7-6-8-11-18/h6-8,10-11,13-16H,3-5,9,12H2,1-2H3/b23-20+. The van der Waals surface area contributed by atoms with E-state index in [-0.39, 0.29) is 11.5 Å². The first kappa shape index (κ1) is 20.9. The first-order valence-corrected chi connectivity index (χ1v) is 10.4. The summed E-state index contributed by atoms with van der Waals surface area (Å²) in [5.74, 6) is -0.757. The Kier molecular flexibility index (Phi) is 8.78. The van der Waals surface area contributed by atoms with Gasteiger partial charge in [-0.15, -0.1) is 11.8 Å². The minimum atomic E-state index is -0.563. The van der Waals surface area contributed by atoms with Crippen LogP contribution in [0.15, 0.2) is 64.6 Å². The first-order valence-electron chi connectivity index (χ1n) is 9.17. The first-order chi connectivity index (χ1) is 13.2. The molecule has 0 aromatic heterocycles. The molecule has 27 heavy (non-hydrogen) atoms. The van der Waals surface area contributed by atoms with Crippen molar-refractivity contribution in [3.8, 4) is 0 Å². The third-order valence-corrected chi connectivity index (χ3v) is 4.87. The molecule has 0 spiro atoms. The number of hydrogen-bond donors (Lipinski definition) is 0. The Morgan fingerprint density at radius 1 is 0.926 bits per heavy atom. The molecule has 0 radical (unpaired) electrons. The average Bonchev–Trinajstić information content (AvgIpc) is 2.73. The van der Waals surface area contributed by atoms with E-state index in [1.54, 1.807) is 48.2 Å². The minimum Gasteiger partial charge on any atom is -0.312 e. The molecule has 2 aromatic rings. The molecule has 0 amide bonds. The van der Waals surface area contributed by atoms with E-state index in [2.05, 4.69) is 12.1 Å². The molecule has 0 unspecified atom stereocenters. The van der Waals surface area contributed by atoms with Gasteiger partial charge in [-0.1, -0.05) is 49.5 Å². The second-order valence-electron chi connectivity index (χ2n) is 6.15. The van der Waals surface area contributed by atoms with Gasteiger partial charge in [-0.05, 0) is 55.5 Å². The number of ketones is 1. The SMILES string of the molecule is CCCCCC/C(=N\OC(=O)c1ccccc1)C(=O)c1ccc(SC)cc1. The molecule has 0 bridgehead atoms. The topological polar surface area (TPSA) is 55.7 Å². The highest BCUT2D eigenvalue weighted by atomic mass is 32.2. The van der Waals surface area contributed by atoms with Crippen molar-refractivity contribution in [2.24, 2.45) is 5.16 Å². The molecule has 5 heteroatoms. The van der Waals surface area contributed by atoms with Crippen LogP contribution >= 0.6 is 11.8 Å². The number of hydrogen-bond acceptors (Lipinski definition) is 5. The van der Waals surface area contributed by atoms with E-state index < -0.39 is 5.97 Å². The summed E-state index contributed by atoms with van der Waals surface area (Å²) in [7, 11) is 0. The number of oxime groups is 1. The van der Waals surface area contributed by atoms with Gasteiger partial charge in [-0.25, -0.2) is 4.79 Å². The molecule has 0 fully saturated rings. The highest BCUT2D eigenvalue weighted by Gasteiger charge is 2.16. The Bertz CT molecular complexity index is 770. The van der Waals surface area contributed by atoms with Gasteiger partial charge in [0.15, 0.2) is 0 Å². The van der Waals surface area contributed by atoms with Crippen molar-refractivity contribution in [3.63, 3.8) is 0 Å². The largest absolute Gasteiger partial charge is 0.365 e. The van der Waals surface area contributed by atoms with E-state index in [1.807, 2.05) is 24.5 Å². The molecule has 0 saturated heterocycles. The third kappa shape index (κ3) is 6.68. The van der Waals surface area contributed by atoms with Gasteiger partial charge in [0.2, 0.25) is 5.78 Å². The fourth-order valence-electron chi connectivity index (χ4n) is 2.55. The summed E-state index contributed by atoms with van der Waals surface area (Å²) >= 11 is 1.62. The van der Waals surface area contributed by atoms with E-state index in [4.69, 9.17) is 4.84 Å². The summed E-state index contributed by atoms with van der Waals surface area (Å²) in [4.78, 5) is 31.1. The summed E-state index contributed by atoms with van der Waals surface area (Å²) in [6.45, 7) is 2.13. The number of rotatable bonds is 10. The van der Waals surface area contributed by atoms with Gasteiger partial charge in [0.05, 0.1) is 5.56 Å². The number of carbonyl (C=O) groups excluding carboxylic acids is 2. The summed E-state index contributed by atoms with van der Waals surface area (Å²) in [6, 6.07) is 16.0. The van der Waals surface area contributed by atoms with E-state index in [1.165, 1.54) is 0 Å². The van der Waals surface area contributed by atoms with Gasteiger partial charge < -0.3 is 4.84 Å². The number of benzene rings is 2. The molecular weight excluding hydrogens is 358 g/mol. The fourth-order valence-corrected chi connectivity index (χ4v) is 2.96. The van der Waals surface area contributed by atoms with Crippen molar-refractivity contribution < 1.29 is 14.4 Å². The normalized spacial score (nSPS) is 11.3. The van der Waals surface area contributed by atoms with Gasteiger partial charge in [0, 0.05) is 10.5 Å². The molecule has 4 nitrogen and oxygen atoms in total. The van der Waals surface area contributed by atoms with Crippen molar-refractivity contribution >= 4 is 29.2 Å². The molecule has 2 aromatic carbocycles. The van der Waals surface area contributed by atoms with Gasteiger partial charge in [0.1, 0.15) is 5.71 Å². The van der Waals surface area contributed by atoms with Crippen LogP contribution in [0.4, 0.5) is 0 Å². The van der Waals surface area contributed by atoms with E-state index in [0.29, 0.717) is 17.5 Å². The zero-order valence-corrected chi connectivity index (χ0v) is 16.6. The van der Waals surface area contributed by atoms with Crippen LogP contribution in [0.25, 0.3) is 0 Å². The lowest BCUT2D eigenvalue weighted by atomic mass is 10.0. The molecule has 0 saturated carbocycles. The van der Waals surface area contributed by atoms with Crippen LogP contribution in [0.5, 0.6) is 0 Å². The van der Waals surface area contributed by atoms with Crippen molar-refractivity contribution in [1.82, 2.24) is 0 Å². The monoisotopic (exact) mass is 383 g/mol. The predicted molar refractivity (Wildman–Crippen MR) is 111 cm³/mol. The summed E-state index contributed by atoms with van der Waals surface area (Å²) < 4.78 is 0. The minimum absolute atomic E-state index is 0.194. The summed E-state index contributed by atoms with van der Waals surface area (Å²) in [5, 5.41) is 3.93. The molecule has 0 aliphatic heterocycles. The fraction of sp³-hybridized carbons (Fsp3) is 0.318. The van der Waals surface area contributed by atoms with Crippen LogP contribution in [0.3, 0.4) is 0 Å². The lowest BCUT2D eigenvalue weighted by Gasteiger charge is -2.07. The van der Waals surface area contributed by atoms with Gasteiger partial charge in [-0.2, -0.15) is 0 Å². The molecule has 0 heterocycles.